The highest BCUT2D eigenvalue weighted by Gasteiger charge is 2.51. The third-order valence-corrected chi connectivity index (χ3v) is 12.1. The summed E-state index contributed by atoms with van der Waals surface area (Å²) in [6.07, 6.45) is 3.14. The van der Waals surface area contributed by atoms with Gasteiger partial charge < -0.3 is 10.0 Å². The Morgan fingerprint density at radius 3 is 2.36 bits per heavy atom. The number of piperazine rings is 1. The zero-order valence-electron chi connectivity index (χ0n) is 24.5. The maximum Gasteiger partial charge on any atom is 0.421 e. The molecular formula is C29H35F3N4O5S3. The molecule has 0 bridgehead atoms. The second-order valence-electron chi connectivity index (χ2n) is 11.3. The van der Waals surface area contributed by atoms with Crippen LogP contribution in [0.2, 0.25) is 0 Å². The standard InChI is InChI=1S/C29H35F3N4O5S3/c1-21(2)20-43(38,39)36(24-7-6-14-33-17-24)19-25-18-34(44(40,41)27-9-5-4-8-26(27)42)15-16-35(25)23-12-10-22(11-13-23)28(3,37)29(30,31)32/h4-7,9-14,17,21,25,37H,8,15-16,18-20H2,1-3H3/t25-,28+/m1/s1. The number of anilines is 2. The maximum atomic E-state index is 13.7. The highest BCUT2D eigenvalue weighted by atomic mass is 32.2. The van der Waals surface area contributed by atoms with Gasteiger partial charge in [0, 0.05) is 42.8 Å². The van der Waals surface area contributed by atoms with Gasteiger partial charge in [0.05, 0.1) is 35.1 Å². The SMILES string of the molecule is CC(C)CS(=O)(=O)N(C[C@H]1CN(S(=O)(=O)C2=CC=CCC2=S)CCN1c1ccc([C@](C)(O)C(F)(F)F)cc1)c1cccnc1. The fourth-order valence-electron chi connectivity index (χ4n) is 5.16. The minimum absolute atomic E-state index is 0.0116. The van der Waals surface area contributed by atoms with E-state index >= 15 is 0 Å². The van der Waals surface area contributed by atoms with Gasteiger partial charge in [-0.15, -0.1) is 0 Å². The van der Waals surface area contributed by atoms with Crippen molar-refractivity contribution < 1.29 is 35.1 Å². The summed E-state index contributed by atoms with van der Waals surface area (Å²) in [4.78, 5) is 6.14. The van der Waals surface area contributed by atoms with E-state index in [1.54, 1.807) is 43.0 Å². The topological polar surface area (TPSA) is 111 Å². The molecule has 2 heterocycles. The van der Waals surface area contributed by atoms with Gasteiger partial charge in [-0.2, -0.15) is 17.5 Å². The summed E-state index contributed by atoms with van der Waals surface area (Å²) >= 11 is 5.33. The zero-order valence-corrected chi connectivity index (χ0v) is 26.9. The fraction of sp³-hybridized carbons (Fsp3) is 0.448. The van der Waals surface area contributed by atoms with E-state index in [2.05, 4.69) is 4.98 Å². The molecule has 2 aliphatic rings. The van der Waals surface area contributed by atoms with Crippen molar-refractivity contribution in [1.82, 2.24) is 9.29 Å². The van der Waals surface area contributed by atoms with Crippen LogP contribution in [0.5, 0.6) is 0 Å². The summed E-state index contributed by atoms with van der Waals surface area (Å²) in [6.45, 7) is 4.05. The van der Waals surface area contributed by atoms with Crippen LogP contribution in [0.25, 0.3) is 0 Å². The Kier molecular flexibility index (Phi) is 9.95. The van der Waals surface area contributed by atoms with E-state index in [0.717, 1.165) is 12.1 Å². The molecule has 0 radical (unpaired) electrons. The number of nitrogens with zero attached hydrogens (tertiary/aromatic N) is 4. The van der Waals surface area contributed by atoms with Crippen LogP contribution >= 0.6 is 12.2 Å². The van der Waals surface area contributed by atoms with Crippen LogP contribution in [0, 0.1) is 5.92 Å². The van der Waals surface area contributed by atoms with Crippen molar-refractivity contribution in [2.75, 3.05) is 41.1 Å². The van der Waals surface area contributed by atoms with Crippen molar-refractivity contribution in [2.45, 2.75) is 45.0 Å². The summed E-state index contributed by atoms with van der Waals surface area (Å²) in [5.74, 6) is -0.384. The lowest BCUT2D eigenvalue weighted by Gasteiger charge is -2.44. The van der Waals surface area contributed by atoms with E-state index in [9.17, 15) is 35.1 Å². The molecule has 2 atom stereocenters. The zero-order chi connectivity index (χ0) is 32.5. The highest BCUT2D eigenvalue weighted by molar-refractivity contribution is 7.96. The average Bonchev–Trinajstić information content (AvgIpc) is 2.95. The predicted octanol–water partition coefficient (Wildman–Crippen LogP) is 4.38. The average molecular weight is 673 g/mol. The van der Waals surface area contributed by atoms with Crippen LogP contribution < -0.4 is 9.21 Å². The Labute approximate surface area is 261 Å². The van der Waals surface area contributed by atoms with Gasteiger partial charge in [-0.3, -0.25) is 9.29 Å². The molecule has 0 saturated carbocycles. The van der Waals surface area contributed by atoms with Gasteiger partial charge in [-0.25, -0.2) is 16.8 Å². The van der Waals surface area contributed by atoms with E-state index in [1.165, 1.54) is 39.2 Å². The molecule has 1 fully saturated rings. The Morgan fingerprint density at radius 2 is 1.80 bits per heavy atom. The van der Waals surface area contributed by atoms with Crippen molar-refractivity contribution in [3.8, 4) is 0 Å². The summed E-state index contributed by atoms with van der Waals surface area (Å²) < 4.78 is 97.7. The Balaban J connectivity index is 1.75. The largest absolute Gasteiger partial charge is 0.421 e. The van der Waals surface area contributed by atoms with E-state index in [4.69, 9.17) is 12.2 Å². The molecule has 2 aromatic rings. The second kappa shape index (κ2) is 12.9. The van der Waals surface area contributed by atoms with Crippen LogP contribution in [-0.4, -0.2) is 80.2 Å². The fourth-order valence-corrected chi connectivity index (χ4v) is 9.08. The number of allylic oxidation sites excluding steroid dienone is 4. The molecule has 1 saturated heterocycles. The summed E-state index contributed by atoms with van der Waals surface area (Å²) in [5, 5.41) is 10.1. The molecule has 240 valence electrons. The number of rotatable bonds is 10. The Hall–Kier alpha value is -2.85. The molecule has 0 unspecified atom stereocenters. The smallest absolute Gasteiger partial charge is 0.376 e. The van der Waals surface area contributed by atoms with Crippen LogP contribution in [0.4, 0.5) is 24.5 Å². The molecule has 44 heavy (non-hydrogen) atoms. The van der Waals surface area contributed by atoms with Crippen molar-refractivity contribution in [1.29, 1.82) is 0 Å². The number of hydrogen-bond acceptors (Lipinski definition) is 8. The molecule has 1 aromatic carbocycles. The first-order valence-electron chi connectivity index (χ1n) is 13.9. The molecule has 0 amide bonds. The number of aliphatic hydroxyl groups is 1. The lowest BCUT2D eigenvalue weighted by molar-refractivity contribution is -0.258. The van der Waals surface area contributed by atoms with E-state index in [-0.39, 0.29) is 53.2 Å². The van der Waals surface area contributed by atoms with Gasteiger partial charge in [0.1, 0.15) is 0 Å². The predicted molar refractivity (Wildman–Crippen MR) is 168 cm³/mol. The van der Waals surface area contributed by atoms with Crippen LogP contribution in [0.1, 0.15) is 32.8 Å². The summed E-state index contributed by atoms with van der Waals surface area (Å²) in [5.41, 5.74) is -2.71. The van der Waals surface area contributed by atoms with Crippen LogP contribution in [0.3, 0.4) is 0 Å². The number of thiocarbonyl (C=S) groups is 1. The normalized spacial score (nSPS) is 20.0. The van der Waals surface area contributed by atoms with Crippen molar-refractivity contribution in [3.05, 3.63) is 77.5 Å². The third-order valence-electron chi connectivity index (χ3n) is 7.53. The van der Waals surface area contributed by atoms with E-state index in [0.29, 0.717) is 24.7 Å². The lowest BCUT2D eigenvalue weighted by Crippen LogP contribution is -2.59. The molecule has 1 N–H and O–H groups in total. The lowest BCUT2D eigenvalue weighted by atomic mass is 9.95. The minimum Gasteiger partial charge on any atom is -0.376 e. The molecule has 9 nitrogen and oxygen atoms in total. The van der Waals surface area contributed by atoms with Gasteiger partial charge in [0.2, 0.25) is 20.0 Å². The monoisotopic (exact) mass is 672 g/mol. The van der Waals surface area contributed by atoms with Crippen LogP contribution in [0.15, 0.2) is 71.9 Å². The molecule has 4 rings (SSSR count). The minimum atomic E-state index is -4.91. The number of pyridine rings is 1. The van der Waals surface area contributed by atoms with Crippen molar-refractivity contribution in [2.24, 2.45) is 5.92 Å². The number of aromatic nitrogens is 1. The van der Waals surface area contributed by atoms with E-state index < -0.39 is 37.9 Å². The molecular weight excluding hydrogens is 638 g/mol. The molecule has 0 spiro atoms. The van der Waals surface area contributed by atoms with Crippen LogP contribution in [-0.2, 0) is 25.6 Å². The Bertz CT molecular complexity index is 1630. The first kappa shape index (κ1) is 34.0. The summed E-state index contributed by atoms with van der Waals surface area (Å²) in [6, 6.07) is 7.57. The van der Waals surface area contributed by atoms with Gasteiger partial charge >= 0.3 is 6.18 Å². The number of benzene rings is 1. The third kappa shape index (κ3) is 7.17. The highest BCUT2D eigenvalue weighted by Crippen LogP contribution is 2.39. The van der Waals surface area contributed by atoms with Gasteiger partial charge in [0.15, 0.2) is 5.60 Å². The first-order valence-corrected chi connectivity index (χ1v) is 17.4. The van der Waals surface area contributed by atoms with Gasteiger partial charge in [-0.05, 0) is 48.7 Å². The Morgan fingerprint density at radius 1 is 1.11 bits per heavy atom. The van der Waals surface area contributed by atoms with Crippen molar-refractivity contribution in [3.63, 3.8) is 0 Å². The quantitative estimate of drug-likeness (QED) is 0.371. The molecule has 1 aliphatic carbocycles. The maximum absolute atomic E-state index is 13.7. The number of sulfonamides is 2. The van der Waals surface area contributed by atoms with Crippen molar-refractivity contribution >= 4 is 48.5 Å². The second-order valence-corrected chi connectivity index (χ2v) is 15.7. The number of halogens is 3. The molecule has 1 aromatic heterocycles. The molecule has 1 aliphatic heterocycles. The van der Waals surface area contributed by atoms with Gasteiger partial charge in [-0.1, -0.05) is 50.4 Å². The molecule has 15 heteroatoms. The number of hydrogen-bond donors (Lipinski definition) is 1. The first-order chi connectivity index (χ1) is 20.4. The summed E-state index contributed by atoms with van der Waals surface area (Å²) in [7, 11) is -7.94. The van der Waals surface area contributed by atoms with Gasteiger partial charge in [0.25, 0.3) is 0 Å². The number of alkyl halides is 3. The van der Waals surface area contributed by atoms with E-state index in [1.807, 2.05) is 0 Å².